The van der Waals surface area contributed by atoms with Gasteiger partial charge in [-0.1, -0.05) is 45.9 Å². The van der Waals surface area contributed by atoms with Gasteiger partial charge in [0.1, 0.15) is 0 Å². The first-order valence-electron chi connectivity index (χ1n) is 6.62. The predicted octanol–water partition coefficient (Wildman–Crippen LogP) is 4.53. The van der Waals surface area contributed by atoms with Gasteiger partial charge in [0.05, 0.1) is 0 Å². The van der Waals surface area contributed by atoms with Crippen molar-refractivity contribution in [3.05, 3.63) is 59.7 Å². The van der Waals surface area contributed by atoms with Gasteiger partial charge in [-0.3, -0.25) is 0 Å². The Kier molecular flexibility index (Phi) is 5.54. The molecule has 0 aromatic heterocycles. The van der Waals surface area contributed by atoms with Gasteiger partial charge in [-0.05, 0) is 49.2 Å². The Balaban J connectivity index is 2.05. The number of benzene rings is 2. The van der Waals surface area contributed by atoms with Gasteiger partial charge in [0.2, 0.25) is 0 Å². The summed E-state index contributed by atoms with van der Waals surface area (Å²) in [6, 6.07) is 16.9. The van der Waals surface area contributed by atoms with Crippen molar-refractivity contribution in [2.24, 2.45) is 11.5 Å². The SMILES string of the molecule is CC(N)c1cccc(SSc2cccc(C(C)N)c2)c1. The molecule has 0 spiro atoms. The van der Waals surface area contributed by atoms with Crippen LogP contribution in [0.25, 0.3) is 0 Å². The Labute approximate surface area is 128 Å². The maximum atomic E-state index is 5.91. The van der Waals surface area contributed by atoms with E-state index in [1.165, 1.54) is 20.9 Å². The summed E-state index contributed by atoms with van der Waals surface area (Å²) in [6.45, 7) is 4.01. The van der Waals surface area contributed by atoms with E-state index in [0.717, 1.165) is 0 Å². The maximum absolute atomic E-state index is 5.91. The van der Waals surface area contributed by atoms with Crippen LogP contribution < -0.4 is 11.5 Å². The maximum Gasteiger partial charge on any atom is 0.0266 e. The van der Waals surface area contributed by atoms with Crippen LogP contribution >= 0.6 is 21.6 Å². The molecule has 2 aromatic rings. The topological polar surface area (TPSA) is 52.0 Å². The van der Waals surface area contributed by atoms with E-state index in [9.17, 15) is 0 Å². The lowest BCUT2D eigenvalue weighted by molar-refractivity contribution is 0.814. The van der Waals surface area contributed by atoms with Crippen LogP contribution in [-0.4, -0.2) is 0 Å². The van der Waals surface area contributed by atoms with Crippen molar-refractivity contribution < 1.29 is 0 Å². The molecule has 2 unspecified atom stereocenters. The van der Waals surface area contributed by atoms with Gasteiger partial charge < -0.3 is 11.5 Å². The van der Waals surface area contributed by atoms with Crippen LogP contribution in [0.1, 0.15) is 37.1 Å². The Morgan fingerprint density at radius 1 is 0.750 bits per heavy atom. The lowest BCUT2D eigenvalue weighted by Gasteiger charge is -2.09. The first-order chi connectivity index (χ1) is 9.56. The van der Waals surface area contributed by atoms with Crippen LogP contribution in [0, 0.1) is 0 Å². The summed E-state index contributed by atoms with van der Waals surface area (Å²) < 4.78 is 0. The van der Waals surface area contributed by atoms with E-state index in [1.807, 2.05) is 13.8 Å². The lowest BCUT2D eigenvalue weighted by Crippen LogP contribution is -2.04. The van der Waals surface area contributed by atoms with E-state index < -0.39 is 0 Å². The van der Waals surface area contributed by atoms with Gasteiger partial charge in [-0.2, -0.15) is 0 Å². The van der Waals surface area contributed by atoms with Crippen LogP contribution in [0.2, 0.25) is 0 Å². The third-order valence-corrected chi connectivity index (χ3v) is 5.38. The van der Waals surface area contributed by atoms with E-state index in [4.69, 9.17) is 11.5 Å². The number of hydrogen-bond acceptors (Lipinski definition) is 4. The number of nitrogens with two attached hydrogens (primary N) is 2. The minimum absolute atomic E-state index is 0.0713. The van der Waals surface area contributed by atoms with Crippen LogP contribution in [0.3, 0.4) is 0 Å². The molecule has 0 radical (unpaired) electrons. The van der Waals surface area contributed by atoms with E-state index in [1.54, 1.807) is 21.6 Å². The Hall–Kier alpha value is -0.940. The van der Waals surface area contributed by atoms with Gasteiger partial charge in [0.25, 0.3) is 0 Å². The van der Waals surface area contributed by atoms with Crippen LogP contribution in [-0.2, 0) is 0 Å². The molecule has 0 saturated carbocycles. The second-order valence-corrected chi connectivity index (χ2v) is 7.17. The highest BCUT2D eigenvalue weighted by molar-refractivity contribution is 8.76. The van der Waals surface area contributed by atoms with Crippen molar-refractivity contribution in [3.8, 4) is 0 Å². The molecular formula is C16H20N2S2. The van der Waals surface area contributed by atoms with Gasteiger partial charge in [-0.15, -0.1) is 0 Å². The molecular weight excluding hydrogens is 284 g/mol. The van der Waals surface area contributed by atoms with Crippen molar-refractivity contribution >= 4 is 21.6 Å². The third kappa shape index (κ3) is 4.28. The standard InChI is InChI=1S/C16H20N2S2/c1-11(17)13-5-3-7-15(9-13)19-20-16-8-4-6-14(10-16)12(2)18/h3-12H,17-18H2,1-2H3. The zero-order valence-corrected chi connectivity index (χ0v) is 13.4. The Morgan fingerprint density at radius 2 is 1.15 bits per heavy atom. The molecule has 2 rings (SSSR count). The molecule has 0 aliphatic heterocycles. The molecule has 20 heavy (non-hydrogen) atoms. The molecule has 4 heteroatoms. The zero-order chi connectivity index (χ0) is 14.5. The zero-order valence-electron chi connectivity index (χ0n) is 11.7. The van der Waals surface area contributed by atoms with Crippen LogP contribution in [0.4, 0.5) is 0 Å². The summed E-state index contributed by atoms with van der Waals surface area (Å²) in [5.41, 5.74) is 14.2. The average molecular weight is 304 g/mol. The highest BCUT2D eigenvalue weighted by Gasteiger charge is 2.04. The van der Waals surface area contributed by atoms with Crippen LogP contribution in [0.15, 0.2) is 58.3 Å². The number of rotatable bonds is 5. The van der Waals surface area contributed by atoms with E-state index in [-0.39, 0.29) is 12.1 Å². The minimum Gasteiger partial charge on any atom is -0.324 e. The largest absolute Gasteiger partial charge is 0.324 e. The molecule has 2 nitrogen and oxygen atoms in total. The molecule has 2 atom stereocenters. The quantitative estimate of drug-likeness (QED) is 0.797. The first kappa shape index (κ1) is 15.4. The second kappa shape index (κ2) is 7.18. The van der Waals surface area contributed by atoms with Crippen molar-refractivity contribution in [1.82, 2.24) is 0 Å². The molecule has 0 fully saturated rings. The summed E-state index contributed by atoms with van der Waals surface area (Å²) in [5.74, 6) is 0. The van der Waals surface area contributed by atoms with Crippen molar-refractivity contribution in [1.29, 1.82) is 0 Å². The third-order valence-electron chi connectivity index (χ3n) is 3.00. The smallest absolute Gasteiger partial charge is 0.0266 e. The van der Waals surface area contributed by atoms with Crippen molar-refractivity contribution in [2.75, 3.05) is 0 Å². The molecule has 4 N–H and O–H groups in total. The highest BCUT2D eigenvalue weighted by Crippen LogP contribution is 2.38. The Morgan fingerprint density at radius 3 is 1.50 bits per heavy atom. The summed E-state index contributed by atoms with van der Waals surface area (Å²) in [4.78, 5) is 2.44. The fraction of sp³-hybridized carbons (Fsp3) is 0.250. The Bertz CT molecular complexity index is 516. The van der Waals surface area contributed by atoms with Gasteiger partial charge >= 0.3 is 0 Å². The summed E-state index contributed by atoms with van der Waals surface area (Å²) >= 11 is 0. The second-order valence-electron chi connectivity index (χ2n) is 4.89. The van der Waals surface area contributed by atoms with E-state index in [0.29, 0.717) is 0 Å². The summed E-state index contributed by atoms with van der Waals surface area (Å²) in [5, 5.41) is 0. The normalized spacial score (nSPS) is 14.0. The molecule has 0 saturated heterocycles. The molecule has 0 aliphatic rings. The van der Waals surface area contributed by atoms with Gasteiger partial charge in [0.15, 0.2) is 0 Å². The van der Waals surface area contributed by atoms with E-state index in [2.05, 4.69) is 48.5 Å². The molecule has 0 aliphatic carbocycles. The highest BCUT2D eigenvalue weighted by atomic mass is 33.1. The summed E-state index contributed by atoms with van der Waals surface area (Å²) in [7, 11) is 3.49. The number of hydrogen-bond donors (Lipinski definition) is 2. The predicted molar refractivity (Wildman–Crippen MR) is 89.8 cm³/mol. The molecule has 0 bridgehead atoms. The van der Waals surface area contributed by atoms with Gasteiger partial charge in [-0.25, -0.2) is 0 Å². The monoisotopic (exact) mass is 304 g/mol. The molecule has 0 amide bonds. The molecule has 2 aromatic carbocycles. The van der Waals surface area contributed by atoms with E-state index >= 15 is 0 Å². The first-order valence-corrected chi connectivity index (χ1v) is 8.77. The fourth-order valence-corrected chi connectivity index (χ4v) is 3.82. The summed E-state index contributed by atoms with van der Waals surface area (Å²) in [6.07, 6.45) is 0. The van der Waals surface area contributed by atoms with Crippen molar-refractivity contribution in [3.63, 3.8) is 0 Å². The average Bonchev–Trinajstić information content (AvgIpc) is 2.45. The lowest BCUT2D eigenvalue weighted by atomic mass is 10.1. The van der Waals surface area contributed by atoms with Crippen molar-refractivity contribution in [2.45, 2.75) is 35.7 Å². The fourth-order valence-electron chi connectivity index (χ4n) is 1.80. The van der Waals surface area contributed by atoms with Gasteiger partial charge in [0, 0.05) is 21.9 Å². The molecule has 0 heterocycles. The molecule has 106 valence electrons. The van der Waals surface area contributed by atoms with Crippen LogP contribution in [0.5, 0.6) is 0 Å². The minimum atomic E-state index is 0.0713.